The number of rotatable bonds is 2. The van der Waals surface area contributed by atoms with E-state index in [4.69, 9.17) is 16.3 Å². The Labute approximate surface area is 162 Å². The molecule has 0 atom stereocenters. The van der Waals surface area contributed by atoms with Crippen molar-refractivity contribution in [1.82, 2.24) is 4.57 Å². The molecule has 2 heterocycles. The first-order chi connectivity index (χ1) is 12.8. The van der Waals surface area contributed by atoms with Gasteiger partial charge in [0.2, 0.25) is 0 Å². The fourth-order valence-corrected chi connectivity index (χ4v) is 3.89. The Morgan fingerprint density at radius 1 is 1.19 bits per heavy atom. The van der Waals surface area contributed by atoms with Crippen molar-refractivity contribution < 1.29 is 14.6 Å². The van der Waals surface area contributed by atoms with E-state index in [2.05, 4.69) is 0 Å². The van der Waals surface area contributed by atoms with Gasteiger partial charge in [-0.3, -0.25) is 4.79 Å². The molecule has 0 fully saturated rings. The fourth-order valence-electron chi connectivity index (χ4n) is 3.64. The molecular weight excluding hydrogens is 364 g/mol. The van der Waals surface area contributed by atoms with E-state index in [-0.39, 0.29) is 11.7 Å². The Balaban J connectivity index is 2.00. The predicted octanol–water partition coefficient (Wildman–Crippen LogP) is 4.37. The van der Waals surface area contributed by atoms with Crippen molar-refractivity contribution >= 4 is 45.7 Å². The number of hydrogen-bond donors (Lipinski definition) is 1. The summed E-state index contributed by atoms with van der Waals surface area (Å²) in [6.45, 7) is 1.98. The summed E-state index contributed by atoms with van der Waals surface area (Å²) in [5, 5.41) is 11.3. The quantitative estimate of drug-likeness (QED) is 0.669. The number of halogens is 1. The van der Waals surface area contributed by atoms with Crippen LogP contribution in [0.5, 0.6) is 11.5 Å². The molecule has 1 amide bonds. The zero-order valence-electron chi connectivity index (χ0n) is 15.5. The van der Waals surface area contributed by atoms with Gasteiger partial charge in [-0.25, -0.2) is 0 Å². The minimum absolute atomic E-state index is 0.115. The van der Waals surface area contributed by atoms with Crippen LogP contribution in [-0.2, 0) is 11.8 Å². The Hall–Kier alpha value is -2.92. The number of methoxy groups -OCH3 is 1. The third-order valence-corrected chi connectivity index (χ3v) is 5.59. The number of aromatic nitrogens is 1. The van der Waals surface area contributed by atoms with E-state index < -0.39 is 0 Å². The van der Waals surface area contributed by atoms with Gasteiger partial charge in [0.05, 0.1) is 23.9 Å². The number of phenols is 1. The summed E-state index contributed by atoms with van der Waals surface area (Å²) < 4.78 is 7.35. The van der Waals surface area contributed by atoms with Gasteiger partial charge in [0.25, 0.3) is 5.91 Å². The SMILES string of the molecule is COc1cc2c(/C=C3/C(=O)N(C)c4ccc(O)cc43)c(Cl)n(C)c2cc1C. The molecule has 0 spiro atoms. The van der Waals surface area contributed by atoms with Crippen LogP contribution in [0.4, 0.5) is 5.69 Å². The molecule has 0 unspecified atom stereocenters. The topological polar surface area (TPSA) is 54.7 Å². The largest absolute Gasteiger partial charge is 0.508 e. The molecule has 0 radical (unpaired) electrons. The number of likely N-dealkylation sites (N-methyl/N-ethyl adjacent to an activating group) is 1. The summed E-state index contributed by atoms with van der Waals surface area (Å²) in [6, 6.07) is 8.87. The van der Waals surface area contributed by atoms with Gasteiger partial charge >= 0.3 is 0 Å². The van der Waals surface area contributed by atoms with Crippen LogP contribution in [0.2, 0.25) is 5.15 Å². The Morgan fingerprint density at radius 2 is 1.93 bits per heavy atom. The van der Waals surface area contributed by atoms with Crippen molar-refractivity contribution in [3.8, 4) is 11.5 Å². The van der Waals surface area contributed by atoms with Crippen LogP contribution in [0.15, 0.2) is 30.3 Å². The predicted molar refractivity (Wildman–Crippen MR) is 109 cm³/mol. The number of hydrogen-bond acceptors (Lipinski definition) is 3. The van der Waals surface area contributed by atoms with Gasteiger partial charge in [0.15, 0.2) is 0 Å². The third-order valence-electron chi connectivity index (χ3n) is 5.14. The first-order valence-electron chi connectivity index (χ1n) is 8.49. The van der Waals surface area contributed by atoms with E-state index >= 15 is 0 Å². The number of ether oxygens (including phenoxy) is 1. The molecule has 2 aromatic carbocycles. The highest BCUT2D eigenvalue weighted by Crippen LogP contribution is 2.41. The van der Waals surface area contributed by atoms with Gasteiger partial charge in [-0.15, -0.1) is 0 Å². The molecule has 0 bridgehead atoms. The first-order valence-corrected chi connectivity index (χ1v) is 8.87. The van der Waals surface area contributed by atoms with E-state index in [1.807, 2.05) is 30.7 Å². The lowest BCUT2D eigenvalue weighted by atomic mass is 10.0. The number of aromatic hydroxyl groups is 1. The lowest BCUT2D eigenvalue weighted by Crippen LogP contribution is -2.20. The van der Waals surface area contributed by atoms with E-state index in [0.29, 0.717) is 16.3 Å². The van der Waals surface area contributed by atoms with E-state index in [9.17, 15) is 9.90 Å². The molecule has 0 aliphatic carbocycles. The van der Waals surface area contributed by atoms with Gasteiger partial charge in [-0.05, 0) is 48.9 Å². The summed E-state index contributed by atoms with van der Waals surface area (Å²) in [4.78, 5) is 14.4. The molecule has 5 nitrogen and oxygen atoms in total. The van der Waals surface area contributed by atoms with Gasteiger partial charge < -0.3 is 19.3 Å². The minimum Gasteiger partial charge on any atom is -0.508 e. The highest BCUT2D eigenvalue weighted by Gasteiger charge is 2.30. The molecule has 1 aliphatic rings. The summed E-state index contributed by atoms with van der Waals surface area (Å²) in [6.07, 6.45) is 1.80. The van der Waals surface area contributed by atoms with Crippen molar-refractivity contribution in [3.05, 3.63) is 52.2 Å². The van der Waals surface area contributed by atoms with Crippen LogP contribution < -0.4 is 9.64 Å². The lowest BCUT2D eigenvalue weighted by Gasteiger charge is -2.08. The molecule has 3 aromatic rings. The average molecular weight is 383 g/mol. The Bertz CT molecular complexity index is 1140. The number of fused-ring (bicyclic) bond motifs is 2. The normalized spacial score (nSPS) is 15.1. The molecule has 1 N–H and O–H groups in total. The number of benzene rings is 2. The number of carbonyl (C=O) groups is 1. The number of aryl methyl sites for hydroxylation is 2. The van der Waals surface area contributed by atoms with Gasteiger partial charge in [0.1, 0.15) is 16.7 Å². The zero-order chi connectivity index (χ0) is 19.5. The van der Waals surface area contributed by atoms with Gasteiger partial charge in [-0.1, -0.05) is 11.6 Å². The van der Waals surface area contributed by atoms with Crippen LogP contribution in [0.1, 0.15) is 16.7 Å². The summed E-state index contributed by atoms with van der Waals surface area (Å²) >= 11 is 6.61. The smallest absolute Gasteiger partial charge is 0.258 e. The van der Waals surface area contributed by atoms with Crippen LogP contribution in [-0.4, -0.2) is 29.7 Å². The zero-order valence-corrected chi connectivity index (χ0v) is 16.3. The highest BCUT2D eigenvalue weighted by atomic mass is 35.5. The highest BCUT2D eigenvalue weighted by molar-refractivity contribution is 6.38. The van der Waals surface area contributed by atoms with Crippen molar-refractivity contribution in [2.75, 3.05) is 19.1 Å². The Kier molecular flexibility index (Phi) is 3.93. The molecule has 0 saturated carbocycles. The molecule has 6 heteroatoms. The minimum atomic E-state index is -0.136. The van der Waals surface area contributed by atoms with Crippen LogP contribution in [0, 0.1) is 6.92 Å². The second-order valence-electron chi connectivity index (χ2n) is 6.73. The number of nitrogens with zero attached hydrogens (tertiary/aromatic N) is 2. The maximum absolute atomic E-state index is 12.8. The molecule has 1 aromatic heterocycles. The average Bonchev–Trinajstić information content (AvgIpc) is 3.01. The fraction of sp³-hybridized carbons (Fsp3) is 0.190. The molecule has 138 valence electrons. The van der Waals surface area contributed by atoms with E-state index in [1.54, 1.807) is 43.3 Å². The molecule has 27 heavy (non-hydrogen) atoms. The molecule has 1 aliphatic heterocycles. The number of phenolic OH excluding ortho intramolecular Hbond substituents is 1. The third kappa shape index (κ3) is 2.50. The van der Waals surface area contributed by atoms with Crippen molar-refractivity contribution in [2.24, 2.45) is 7.05 Å². The van der Waals surface area contributed by atoms with Gasteiger partial charge in [-0.2, -0.15) is 0 Å². The monoisotopic (exact) mass is 382 g/mol. The maximum Gasteiger partial charge on any atom is 0.258 e. The van der Waals surface area contributed by atoms with E-state index in [1.165, 1.54) is 0 Å². The van der Waals surface area contributed by atoms with Crippen LogP contribution >= 0.6 is 11.6 Å². The first kappa shape index (κ1) is 17.5. The summed E-state index contributed by atoms with van der Waals surface area (Å²) in [5.74, 6) is 0.740. The number of amides is 1. The molecule has 4 rings (SSSR count). The van der Waals surface area contributed by atoms with E-state index in [0.717, 1.165) is 33.5 Å². The second-order valence-corrected chi connectivity index (χ2v) is 7.08. The van der Waals surface area contributed by atoms with Crippen molar-refractivity contribution in [2.45, 2.75) is 6.92 Å². The van der Waals surface area contributed by atoms with Crippen LogP contribution in [0.25, 0.3) is 22.6 Å². The maximum atomic E-state index is 12.8. The molecule has 0 saturated heterocycles. The standard InChI is InChI=1S/C21H19ClN2O3/c1-11-7-18-14(10-19(11)27-4)15(20(22)23(18)2)9-16-13-8-12(25)5-6-17(13)24(3)21(16)26/h5-10,25H,1-4H3/b16-9+. The second kappa shape index (κ2) is 6.06. The number of carbonyl (C=O) groups excluding carboxylic acids is 1. The van der Waals surface area contributed by atoms with Gasteiger partial charge in [0, 0.05) is 30.6 Å². The molecular formula is C21H19ClN2O3. The van der Waals surface area contributed by atoms with Crippen molar-refractivity contribution in [1.29, 1.82) is 0 Å². The summed E-state index contributed by atoms with van der Waals surface area (Å²) in [7, 11) is 5.24. The number of anilines is 1. The lowest BCUT2D eigenvalue weighted by molar-refractivity contribution is -0.112. The summed E-state index contributed by atoms with van der Waals surface area (Å²) in [5.41, 5.74) is 4.66. The Morgan fingerprint density at radius 3 is 2.63 bits per heavy atom. The van der Waals surface area contributed by atoms with Crippen molar-refractivity contribution in [3.63, 3.8) is 0 Å². The van der Waals surface area contributed by atoms with Crippen LogP contribution in [0.3, 0.4) is 0 Å².